The number of thiazole rings is 1. The second-order valence-electron chi connectivity index (χ2n) is 4.71. The lowest BCUT2D eigenvalue weighted by molar-refractivity contribution is 0.169. The van der Waals surface area contributed by atoms with Crippen molar-refractivity contribution in [2.24, 2.45) is 0 Å². The van der Waals surface area contributed by atoms with Crippen LogP contribution in [0.25, 0.3) is 0 Å². The number of nitrogens with one attached hydrogen (secondary N) is 2. The predicted octanol–water partition coefficient (Wildman–Crippen LogP) is 1.39. The molecule has 1 aliphatic carbocycles. The Labute approximate surface area is 126 Å². The van der Waals surface area contributed by atoms with Gasteiger partial charge in [0.25, 0.3) is 0 Å². The van der Waals surface area contributed by atoms with E-state index in [1.807, 2.05) is 0 Å². The van der Waals surface area contributed by atoms with E-state index in [0.717, 1.165) is 11.3 Å². The topological polar surface area (TPSA) is 118 Å². The number of nitrogens with zero attached hydrogens (tertiary/aromatic N) is 1. The maximum atomic E-state index is 11.8. The van der Waals surface area contributed by atoms with E-state index < -0.39 is 22.2 Å². The van der Waals surface area contributed by atoms with Gasteiger partial charge in [-0.05, 0) is 19.3 Å². The standard InChI is InChI=1S/C11H17N3O5S2/c1-19-5-4-8(13-11(15)16)9-6-20-10(12-9)14-21(17,18)7-2-3-7/h6-8,13H,2-5H2,1H3,(H,12,14)(H,15,16). The van der Waals surface area contributed by atoms with E-state index in [0.29, 0.717) is 31.6 Å². The van der Waals surface area contributed by atoms with Crippen LogP contribution in [0.3, 0.4) is 0 Å². The molecule has 1 aromatic rings. The van der Waals surface area contributed by atoms with E-state index in [1.165, 1.54) is 7.11 Å². The number of aromatic nitrogens is 1. The molecule has 8 nitrogen and oxygen atoms in total. The van der Waals surface area contributed by atoms with Crippen molar-refractivity contribution in [1.29, 1.82) is 0 Å². The lowest BCUT2D eigenvalue weighted by Gasteiger charge is -2.13. The number of hydrogen-bond acceptors (Lipinski definition) is 6. The number of carbonyl (C=O) groups is 1. The van der Waals surface area contributed by atoms with Crippen LogP contribution in [0.5, 0.6) is 0 Å². The van der Waals surface area contributed by atoms with Crippen LogP contribution in [-0.4, -0.2) is 43.6 Å². The van der Waals surface area contributed by atoms with Gasteiger partial charge < -0.3 is 15.2 Å². The van der Waals surface area contributed by atoms with Gasteiger partial charge in [0.15, 0.2) is 5.13 Å². The molecule has 1 fully saturated rings. The van der Waals surface area contributed by atoms with Crippen molar-refractivity contribution >= 4 is 32.6 Å². The van der Waals surface area contributed by atoms with E-state index >= 15 is 0 Å². The highest BCUT2D eigenvalue weighted by Crippen LogP contribution is 2.31. The molecular formula is C11H17N3O5S2. The number of carboxylic acid groups (broad SMARTS) is 1. The van der Waals surface area contributed by atoms with E-state index in [4.69, 9.17) is 9.84 Å². The summed E-state index contributed by atoms with van der Waals surface area (Å²) in [4.78, 5) is 15.0. The highest BCUT2D eigenvalue weighted by molar-refractivity contribution is 7.93. The van der Waals surface area contributed by atoms with Gasteiger partial charge in [-0.3, -0.25) is 4.72 Å². The molecule has 0 saturated heterocycles. The average Bonchev–Trinajstić information content (AvgIpc) is 3.17. The van der Waals surface area contributed by atoms with Crippen molar-refractivity contribution in [1.82, 2.24) is 10.3 Å². The lowest BCUT2D eigenvalue weighted by atomic mass is 10.1. The number of methoxy groups -OCH3 is 1. The Kier molecular flexibility index (Phi) is 5.01. The molecule has 1 amide bonds. The zero-order chi connectivity index (χ0) is 15.5. The second kappa shape index (κ2) is 6.58. The Morgan fingerprint density at radius 2 is 2.33 bits per heavy atom. The first-order valence-corrected chi connectivity index (χ1v) is 8.80. The maximum absolute atomic E-state index is 11.8. The monoisotopic (exact) mass is 335 g/mol. The molecular weight excluding hydrogens is 318 g/mol. The minimum atomic E-state index is -3.36. The van der Waals surface area contributed by atoms with Gasteiger partial charge in [-0.25, -0.2) is 18.2 Å². The molecule has 1 heterocycles. The molecule has 0 bridgehead atoms. The van der Waals surface area contributed by atoms with Gasteiger partial charge in [-0.1, -0.05) is 0 Å². The fourth-order valence-electron chi connectivity index (χ4n) is 1.76. The molecule has 0 aromatic carbocycles. The van der Waals surface area contributed by atoms with Gasteiger partial charge in [-0.2, -0.15) is 0 Å². The Balaban J connectivity index is 2.06. The van der Waals surface area contributed by atoms with Crippen LogP contribution in [0, 0.1) is 0 Å². The smallest absolute Gasteiger partial charge is 0.405 e. The summed E-state index contributed by atoms with van der Waals surface area (Å²) in [5, 5.41) is 12.7. The summed E-state index contributed by atoms with van der Waals surface area (Å²) < 4.78 is 31.0. The summed E-state index contributed by atoms with van der Waals surface area (Å²) in [5.41, 5.74) is 0.480. The summed E-state index contributed by atoms with van der Waals surface area (Å²) in [7, 11) is -1.83. The van der Waals surface area contributed by atoms with Gasteiger partial charge >= 0.3 is 6.09 Å². The third kappa shape index (κ3) is 4.55. The number of sulfonamides is 1. The Morgan fingerprint density at radius 3 is 2.90 bits per heavy atom. The third-order valence-corrected chi connectivity index (χ3v) is 5.71. The zero-order valence-corrected chi connectivity index (χ0v) is 13.0. The fraction of sp³-hybridized carbons (Fsp3) is 0.636. The van der Waals surface area contributed by atoms with Crippen LogP contribution in [0.15, 0.2) is 5.38 Å². The third-order valence-electron chi connectivity index (χ3n) is 2.98. The molecule has 2 rings (SSSR count). The lowest BCUT2D eigenvalue weighted by Crippen LogP contribution is -2.28. The minimum absolute atomic E-state index is 0.256. The zero-order valence-electron chi connectivity index (χ0n) is 11.4. The van der Waals surface area contributed by atoms with Crippen LogP contribution >= 0.6 is 11.3 Å². The van der Waals surface area contributed by atoms with E-state index in [1.54, 1.807) is 5.38 Å². The molecule has 1 unspecified atom stereocenters. The Hall–Kier alpha value is -1.39. The summed E-state index contributed by atoms with van der Waals surface area (Å²) in [5.74, 6) is 0. The molecule has 1 saturated carbocycles. The number of anilines is 1. The average molecular weight is 335 g/mol. The summed E-state index contributed by atoms with van der Waals surface area (Å²) in [6, 6.07) is -0.530. The Bertz CT molecular complexity index is 597. The van der Waals surface area contributed by atoms with E-state index in [-0.39, 0.29) is 10.4 Å². The highest BCUT2D eigenvalue weighted by atomic mass is 32.2. The number of amides is 1. The van der Waals surface area contributed by atoms with Gasteiger partial charge in [-0.15, -0.1) is 11.3 Å². The number of rotatable bonds is 8. The van der Waals surface area contributed by atoms with Crippen LogP contribution in [0.2, 0.25) is 0 Å². The molecule has 21 heavy (non-hydrogen) atoms. The van der Waals surface area contributed by atoms with Crippen molar-refractivity contribution in [2.75, 3.05) is 18.4 Å². The molecule has 10 heteroatoms. The van der Waals surface area contributed by atoms with Gasteiger partial charge in [0.1, 0.15) is 0 Å². The van der Waals surface area contributed by atoms with Crippen molar-refractivity contribution in [3.05, 3.63) is 11.1 Å². The minimum Gasteiger partial charge on any atom is -0.465 e. The molecule has 0 aliphatic heterocycles. The van der Waals surface area contributed by atoms with Crippen molar-refractivity contribution in [3.8, 4) is 0 Å². The summed E-state index contributed by atoms with van der Waals surface area (Å²) in [6.07, 6.45) is 0.598. The molecule has 0 spiro atoms. The largest absolute Gasteiger partial charge is 0.465 e. The highest BCUT2D eigenvalue weighted by Gasteiger charge is 2.36. The molecule has 3 N–H and O–H groups in total. The molecule has 118 valence electrons. The number of ether oxygens (including phenoxy) is 1. The van der Waals surface area contributed by atoms with Crippen molar-refractivity contribution in [3.63, 3.8) is 0 Å². The van der Waals surface area contributed by atoms with Crippen LogP contribution in [0.4, 0.5) is 9.93 Å². The first-order chi connectivity index (χ1) is 9.92. The first-order valence-electron chi connectivity index (χ1n) is 6.38. The Morgan fingerprint density at radius 1 is 1.62 bits per heavy atom. The predicted molar refractivity (Wildman–Crippen MR) is 78.1 cm³/mol. The normalized spacial score (nSPS) is 16.4. The van der Waals surface area contributed by atoms with Crippen molar-refractivity contribution in [2.45, 2.75) is 30.6 Å². The van der Waals surface area contributed by atoms with Gasteiger partial charge in [0.2, 0.25) is 10.0 Å². The maximum Gasteiger partial charge on any atom is 0.405 e. The van der Waals surface area contributed by atoms with Crippen LogP contribution in [-0.2, 0) is 14.8 Å². The number of hydrogen-bond donors (Lipinski definition) is 3. The van der Waals surface area contributed by atoms with E-state index in [9.17, 15) is 13.2 Å². The first kappa shape index (κ1) is 16.0. The molecule has 1 aliphatic rings. The quantitative estimate of drug-likeness (QED) is 0.661. The van der Waals surface area contributed by atoms with E-state index in [2.05, 4.69) is 15.0 Å². The van der Waals surface area contributed by atoms with Crippen LogP contribution < -0.4 is 10.0 Å². The molecule has 1 aromatic heterocycles. The van der Waals surface area contributed by atoms with Gasteiger partial charge in [0, 0.05) is 19.1 Å². The SMILES string of the molecule is COCCC(NC(=O)O)c1csc(NS(=O)(=O)C2CC2)n1. The fourth-order valence-corrected chi connectivity index (χ4v) is 4.12. The van der Waals surface area contributed by atoms with Crippen molar-refractivity contribution < 1.29 is 23.1 Å². The molecule has 1 atom stereocenters. The van der Waals surface area contributed by atoms with Crippen LogP contribution in [0.1, 0.15) is 31.0 Å². The van der Waals surface area contributed by atoms with Gasteiger partial charge in [0.05, 0.1) is 17.0 Å². The summed E-state index contributed by atoms with van der Waals surface area (Å²) in [6.45, 7) is 0.367. The summed E-state index contributed by atoms with van der Waals surface area (Å²) >= 11 is 1.14. The second-order valence-corrected chi connectivity index (χ2v) is 7.53. The molecule has 0 radical (unpaired) electrons.